The molecular weight excluding hydrogens is 356 g/mol. The third-order valence-electron chi connectivity index (χ3n) is 4.65. The lowest BCUT2D eigenvalue weighted by Crippen LogP contribution is -2.54. The summed E-state index contributed by atoms with van der Waals surface area (Å²) in [7, 11) is -2.01. The second kappa shape index (κ2) is 6.29. The Balaban J connectivity index is 1.63. The number of carbonyl (C=O) groups excluding carboxylic acids is 1. The lowest BCUT2D eigenvalue weighted by molar-refractivity contribution is -0.134. The summed E-state index contributed by atoms with van der Waals surface area (Å²) in [5.41, 5.74) is 0. The van der Waals surface area contributed by atoms with Crippen LogP contribution in [0.3, 0.4) is 0 Å². The Morgan fingerprint density at radius 1 is 1.32 bits per heavy atom. The number of alkyl halides is 2. The van der Waals surface area contributed by atoms with Crippen LogP contribution < -0.4 is 5.32 Å². The van der Waals surface area contributed by atoms with Gasteiger partial charge in [-0.3, -0.25) is 10.1 Å². The van der Waals surface area contributed by atoms with Gasteiger partial charge in [-0.15, -0.1) is 0 Å². The van der Waals surface area contributed by atoms with E-state index in [1.165, 1.54) is 15.4 Å². The van der Waals surface area contributed by atoms with Gasteiger partial charge in [-0.2, -0.15) is 4.31 Å². The van der Waals surface area contributed by atoms with Crippen LogP contribution in [0.15, 0.2) is 11.2 Å². The smallest absolute Gasteiger partial charge is 0.262 e. The number of amides is 1. The Kier molecular flexibility index (Phi) is 4.58. The van der Waals surface area contributed by atoms with Crippen LogP contribution in [0.4, 0.5) is 8.78 Å². The van der Waals surface area contributed by atoms with Crippen molar-refractivity contribution in [3.63, 3.8) is 0 Å². The lowest BCUT2D eigenvalue weighted by Gasteiger charge is -2.34. The van der Waals surface area contributed by atoms with Gasteiger partial charge in [-0.05, 0) is 6.92 Å². The minimum Gasteiger partial charge on any atom is -0.339 e. The average molecular weight is 377 g/mol. The highest BCUT2D eigenvalue weighted by atomic mass is 32.2. The maximum atomic E-state index is 13.2. The van der Waals surface area contributed by atoms with Gasteiger partial charge in [-0.25, -0.2) is 22.2 Å². The maximum absolute atomic E-state index is 13.2. The molecule has 0 saturated carbocycles. The van der Waals surface area contributed by atoms with Crippen molar-refractivity contribution in [3.05, 3.63) is 12.0 Å². The molecule has 2 aliphatic heterocycles. The quantitative estimate of drug-likeness (QED) is 0.772. The number of hydrogen-bond donors (Lipinski definition) is 1. The van der Waals surface area contributed by atoms with Gasteiger partial charge in [0.2, 0.25) is 5.91 Å². The van der Waals surface area contributed by atoms with Crippen molar-refractivity contribution >= 4 is 15.9 Å². The van der Waals surface area contributed by atoms with Gasteiger partial charge in [0, 0.05) is 45.8 Å². The molecule has 3 heterocycles. The Bertz CT molecular complexity index is 752. The molecule has 3 rings (SSSR count). The molecule has 8 nitrogen and oxygen atoms in total. The standard InChI is InChI=1S/C14H21F2N5O3S/c1-10-18-12(8-19(10)2)25(23,24)21-5-3-20(4-6-21)13(22)11-7-14(15,16)9-17-11/h8,11,17H,3-7,9H2,1-2H3. The second-order valence-electron chi connectivity index (χ2n) is 6.46. The molecule has 0 radical (unpaired) electrons. The van der Waals surface area contributed by atoms with E-state index < -0.39 is 40.9 Å². The van der Waals surface area contributed by atoms with E-state index >= 15 is 0 Å². The molecule has 1 N–H and O–H groups in total. The predicted molar refractivity (Wildman–Crippen MR) is 84.6 cm³/mol. The minimum absolute atomic E-state index is 0.0237. The number of carbonyl (C=O) groups is 1. The third-order valence-corrected chi connectivity index (χ3v) is 6.42. The largest absolute Gasteiger partial charge is 0.339 e. The van der Waals surface area contributed by atoms with Gasteiger partial charge < -0.3 is 9.47 Å². The first-order valence-corrected chi connectivity index (χ1v) is 9.44. The fraction of sp³-hybridized carbons (Fsp3) is 0.714. The topological polar surface area (TPSA) is 87.5 Å². The normalized spacial score (nSPS) is 24.6. The van der Waals surface area contributed by atoms with E-state index in [9.17, 15) is 22.0 Å². The fourth-order valence-corrected chi connectivity index (χ4v) is 4.49. The zero-order chi connectivity index (χ0) is 18.4. The van der Waals surface area contributed by atoms with Crippen LogP contribution in [0.25, 0.3) is 0 Å². The predicted octanol–water partition coefficient (Wildman–Crippen LogP) is -0.441. The number of aromatic nitrogens is 2. The van der Waals surface area contributed by atoms with Crippen LogP contribution >= 0.6 is 0 Å². The molecule has 0 aromatic carbocycles. The Labute approximate surface area is 144 Å². The number of nitrogens with zero attached hydrogens (tertiary/aromatic N) is 4. The van der Waals surface area contributed by atoms with Gasteiger partial charge in [0.25, 0.3) is 15.9 Å². The highest BCUT2D eigenvalue weighted by molar-refractivity contribution is 7.89. The van der Waals surface area contributed by atoms with Crippen LogP contribution in [0.2, 0.25) is 0 Å². The average Bonchev–Trinajstić information content (AvgIpc) is 3.09. The number of aryl methyl sites for hydroxylation is 2. The first-order chi connectivity index (χ1) is 11.6. The van der Waals surface area contributed by atoms with Gasteiger partial charge in [0.05, 0.1) is 12.6 Å². The summed E-state index contributed by atoms with van der Waals surface area (Å²) < 4.78 is 54.6. The van der Waals surface area contributed by atoms with Crippen LogP contribution in [0, 0.1) is 6.92 Å². The van der Waals surface area contributed by atoms with Crippen molar-refractivity contribution in [2.24, 2.45) is 7.05 Å². The van der Waals surface area contributed by atoms with Crippen LogP contribution in [0.1, 0.15) is 12.2 Å². The van der Waals surface area contributed by atoms with E-state index in [4.69, 9.17) is 0 Å². The van der Waals surface area contributed by atoms with Crippen molar-refractivity contribution in [2.75, 3.05) is 32.7 Å². The third kappa shape index (κ3) is 3.53. The summed E-state index contributed by atoms with van der Waals surface area (Å²) >= 11 is 0. The van der Waals surface area contributed by atoms with Crippen LogP contribution in [-0.2, 0) is 21.9 Å². The number of piperazine rings is 1. The van der Waals surface area contributed by atoms with Crippen molar-refractivity contribution in [3.8, 4) is 0 Å². The van der Waals surface area contributed by atoms with Crippen molar-refractivity contribution in [1.29, 1.82) is 0 Å². The number of halogens is 2. The van der Waals surface area contributed by atoms with Crippen molar-refractivity contribution in [2.45, 2.75) is 30.3 Å². The van der Waals surface area contributed by atoms with Crippen LogP contribution in [0.5, 0.6) is 0 Å². The number of nitrogens with one attached hydrogen (secondary N) is 1. The lowest BCUT2D eigenvalue weighted by atomic mass is 10.1. The van der Waals surface area contributed by atoms with E-state index in [0.29, 0.717) is 5.82 Å². The summed E-state index contributed by atoms with van der Waals surface area (Å²) in [6, 6.07) is -0.906. The van der Waals surface area contributed by atoms with E-state index in [0.717, 1.165) is 0 Å². The molecule has 1 amide bonds. The molecule has 0 bridgehead atoms. The molecule has 1 atom stereocenters. The highest BCUT2D eigenvalue weighted by Crippen LogP contribution is 2.26. The summed E-state index contributed by atoms with van der Waals surface area (Å²) in [5.74, 6) is -2.69. The molecule has 2 saturated heterocycles. The van der Waals surface area contributed by atoms with Crippen molar-refractivity contribution in [1.82, 2.24) is 24.1 Å². The summed E-state index contributed by atoms with van der Waals surface area (Å²) in [6.07, 6.45) is 0.935. The van der Waals surface area contributed by atoms with Gasteiger partial charge in [-0.1, -0.05) is 0 Å². The SMILES string of the molecule is Cc1nc(S(=O)(=O)N2CCN(C(=O)C3CC(F)(F)CN3)CC2)cn1C. The van der Waals surface area contributed by atoms with Gasteiger partial charge in [0.1, 0.15) is 5.82 Å². The Morgan fingerprint density at radius 3 is 2.44 bits per heavy atom. The molecule has 1 aromatic heterocycles. The van der Waals surface area contributed by atoms with Crippen LogP contribution in [-0.4, -0.2) is 77.8 Å². The first-order valence-electron chi connectivity index (χ1n) is 8.00. The van der Waals surface area contributed by atoms with E-state index in [1.807, 2.05) is 0 Å². The summed E-state index contributed by atoms with van der Waals surface area (Å²) in [5, 5.41) is 2.51. The number of hydrogen-bond acceptors (Lipinski definition) is 5. The molecular formula is C14H21F2N5O3S. The number of imidazole rings is 1. The molecule has 1 unspecified atom stereocenters. The monoisotopic (exact) mass is 377 g/mol. The zero-order valence-corrected chi connectivity index (χ0v) is 14.9. The molecule has 0 spiro atoms. The van der Waals surface area contributed by atoms with Crippen molar-refractivity contribution < 1.29 is 22.0 Å². The molecule has 2 fully saturated rings. The molecule has 25 heavy (non-hydrogen) atoms. The first kappa shape index (κ1) is 18.2. The van der Waals surface area contributed by atoms with E-state index in [-0.39, 0.29) is 31.2 Å². The number of rotatable bonds is 3. The number of sulfonamides is 1. The minimum atomic E-state index is -3.72. The molecule has 11 heteroatoms. The van der Waals surface area contributed by atoms with Gasteiger partial charge >= 0.3 is 0 Å². The highest BCUT2D eigenvalue weighted by Gasteiger charge is 2.44. The fourth-order valence-electron chi connectivity index (χ4n) is 3.04. The zero-order valence-electron chi connectivity index (χ0n) is 14.1. The molecule has 1 aromatic rings. The van der Waals surface area contributed by atoms with E-state index in [1.54, 1.807) is 18.5 Å². The molecule has 0 aliphatic carbocycles. The Hall–Kier alpha value is -1.59. The van der Waals surface area contributed by atoms with E-state index in [2.05, 4.69) is 10.3 Å². The summed E-state index contributed by atoms with van der Waals surface area (Å²) in [6.45, 7) is 1.79. The maximum Gasteiger partial charge on any atom is 0.262 e. The Morgan fingerprint density at radius 2 is 1.96 bits per heavy atom. The second-order valence-corrected chi connectivity index (χ2v) is 8.34. The van der Waals surface area contributed by atoms with Gasteiger partial charge in [0.15, 0.2) is 5.03 Å². The summed E-state index contributed by atoms with van der Waals surface area (Å²) in [4.78, 5) is 17.8. The molecule has 140 valence electrons. The molecule has 2 aliphatic rings.